The maximum Gasteiger partial charge on any atom is 0.0510 e. The van der Waals surface area contributed by atoms with Crippen molar-refractivity contribution in [2.75, 3.05) is 24.0 Å². The predicted molar refractivity (Wildman–Crippen MR) is 83.0 cm³/mol. The van der Waals surface area contributed by atoms with Gasteiger partial charge in [-0.15, -0.1) is 0 Å². The van der Waals surface area contributed by atoms with Crippen LogP contribution >= 0.6 is 27.7 Å². The average molecular weight is 317 g/mol. The minimum Gasteiger partial charge on any atom is -0.370 e. The molecule has 0 amide bonds. The molecule has 2 N–H and O–H groups in total. The zero-order valence-corrected chi connectivity index (χ0v) is 13.3. The van der Waals surface area contributed by atoms with Gasteiger partial charge in [-0.2, -0.15) is 11.8 Å². The largest absolute Gasteiger partial charge is 0.370 e. The smallest absolute Gasteiger partial charge is 0.0510 e. The van der Waals surface area contributed by atoms with Crippen LogP contribution in [0, 0.1) is 0 Å². The van der Waals surface area contributed by atoms with Gasteiger partial charge < -0.3 is 10.6 Å². The molecule has 0 aliphatic carbocycles. The molecule has 96 valence electrons. The summed E-state index contributed by atoms with van der Waals surface area (Å²) >= 11 is 5.50. The summed E-state index contributed by atoms with van der Waals surface area (Å²) in [4.78, 5) is 2.30. The van der Waals surface area contributed by atoms with Gasteiger partial charge in [-0.1, -0.05) is 6.07 Å². The first-order valence-electron chi connectivity index (χ1n) is 5.74. The molecule has 0 aliphatic heterocycles. The molecule has 0 bridgehead atoms. The zero-order chi connectivity index (χ0) is 13.0. The third-order valence-corrected chi connectivity index (χ3v) is 4.40. The summed E-state index contributed by atoms with van der Waals surface area (Å²) in [6, 6.07) is 6.95. The van der Waals surface area contributed by atoms with Crippen molar-refractivity contribution in [1.82, 2.24) is 0 Å². The highest BCUT2D eigenvalue weighted by Gasteiger charge is 2.13. The van der Waals surface area contributed by atoms with E-state index in [4.69, 9.17) is 5.73 Å². The quantitative estimate of drug-likeness (QED) is 0.899. The summed E-state index contributed by atoms with van der Waals surface area (Å²) in [7, 11) is 2.13. The first-order valence-corrected chi connectivity index (χ1v) is 7.92. The van der Waals surface area contributed by atoms with Gasteiger partial charge in [0, 0.05) is 29.4 Å². The van der Waals surface area contributed by atoms with Gasteiger partial charge in [0.15, 0.2) is 0 Å². The summed E-state index contributed by atoms with van der Waals surface area (Å²) in [5.74, 6) is 1.12. The van der Waals surface area contributed by atoms with Crippen molar-refractivity contribution in [2.45, 2.75) is 25.9 Å². The Balaban J connectivity index is 2.91. The number of nitrogens with zero attached hydrogens (tertiary/aromatic N) is 1. The Hall–Kier alpha value is -0.190. The first kappa shape index (κ1) is 14.9. The van der Waals surface area contributed by atoms with Gasteiger partial charge in [-0.3, -0.25) is 0 Å². The van der Waals surface area contributed by atoms with Gasteiger partial charge in [0.05, 0.1) is 5.69 Å². The Kier molecular flexibility index (Phi) is 5.83. The predicted octanol–water partition coefficient (Wildman–Crippen LogP) is 3.66. The molecule has 0 aliphatic rings. The van der Waals surface area contributed by atoms with Gasteiger partial charge in [-0.25, -0.2) is 0 Å². The molecule has 2 nitrogen and oxygen atoms in total. The van der Waals surface area contributed by atoms with Crippen LogP contribution in [-0.4, -0.2) is 25.1 Å². The van der Waals surface area contributed by atoms with E-state index in [2.05, 4.69) is 59.3 Å². The van der Waals surface area contributed by atoms with E-state index in [9.17, 15) is 0 Å². The van der Waals surface area contributed by atoms with Crippen molar-refractivity contribution in [1.29, 1.82) is 0 Å². The molecule has 1 aromatic rings. The second-order valence-corrected chi connectivity index (χ2v) is 6.18. The summed E-state index contributed by atoms with van der Waals surface area (Å²) in [5.41, 5.74) is 8.26. The molecule has 0 saturated heterocycles. The maximum absolute atomic E-state index is 5.88. The van der Waals surface area contributed by atoms with E-state index in [1.54, 1.807) is 0 Å². The molecule has 1 rings (SSSR count). The van der Waals surface area contributed by atoms with Crippen LogP contribution in [0.15, 0.2) is 22.7 Å². The van der Waals surface area contributed by atoms with Crippen molar-refractivity contribution >= 4 is 33.4 Å². The fourth-order valence-corrected chi connectivity index (χ4v) is 3.07. The molecular formula is C13H21BrN2S. The molecule has 1 aromatic carbocycles. The fraction of sp³-hybridized carbons (Fsp3) is 0.538. The van der Waals surface area contributed by atoms with Crippen LogP contribution in [-0.2, 0) is 0 Å². The number of rotatable bonds is 5. The molecule has 0 aromatic heterocycles. The SMILES string of the molecule is CSCC(C)N(C)c1ccc([C@@H](C)N)cc1Br. The lowest BCUT2D eigenvalue weighted by Gasteiger charge is -2.28. The molecule has 0 spiro atoms. The van der Waals surface area contributed by atoms with Crippen LogP contribution < -0.4 is 10.6 Å². The summed E-state index contributed by atoms with van der Waals surface area (Å²) in [6.45, 7) is 4.24. The van der Waals surface area contributed by atoms with Crippen molar-refractivity contribution < 1.29 is 0 Å². The van der Waals surface area contributed by atoms with E-state index >= 15 is 0 Å². The lowest BCUT2D eigenvalue weighted by atomic mass is 10.1. The Labute approximate surface area is 117 Å². The van der Waals surface area contributed by atoms with Crippen molar-refractivity contribution in [2.24, 2.45) is 5.73 Å². The van der Waals surface area contributed by atoms with Gasteiger partial charge >= 0.3 is 0 Å². The molecule has 17 heavy (non-hydrogen) atoms. The molecule has 2 atom stereocenters. The highest BCUT2D eigenvalue weighted by molar-refractivity contribution is 9.10. The molecule has 1 unspecified atom stereocenters. The third-order valence-electron chi connectivity index (χ3n) is 2.95. The average Bonchev–Trinajstić information content (AvgIpc) is 2.28. The molecule has 0 fully saturated rings. The topological polar surface area (TPSA) is 29.3 Å². The molecule has 0 saturated carbocycles. The Morgan fingerprint density at radius 2 is 2.06 bits per heavy atom. The normalized spacial score (nSPS) is 14.5. The summed E-state index contributed by atoms with van der Waals surface area (Å²) in [6.07, 6.45) is 2.14. The number of benzene rings is 1. The van der Waals surface area contributed by atoms with Crippen molar-refractivity contribution in [3.8, 4) is 0 Å². The number of hydrogen-bond acceptors (Lipinski definition) is 3. The molecule has 0 heterocycles. The lowest BCUT2D eigenvalue weighted by Crippen LogP contribution is -2.31. The second kappa shape index (κ2) is 6.66. The standard InChI is InChI=1S/C13H21BrN2S/c1-9(8-17-4)16(3)13-6-5-11(10(2)15)7-12(13)14/h5-7,9-10H,8,15H2,1-4H3/t9?,10-/m1/s1. The van der Waals surface area contributed by atoms with E-state index in [0.717, 1.165) is 15.8 Å². The van der Waals surface area contributed by atoms with Crippen LogP contribution in [0.3, 0.4) is 0 Å². The number of thioether (sulfide) groups is 1. The first-order chi connectivity index (χ1) is 7.97. The Morgan fingerprint density at radius 1 is 1.41 bits per heavy atom. The lowest BCUT2D eigenvalue weighted by molar-refractivity contribution is 0.761. The molecular weight excluding hydrogens is 296 g/mol. The van der Waals surface area contributed by atoms with E-state index in [0.29, 0.717) is 6.04 Å². The van der Waals surface area contributed by atoms with E-state index in [-0.39, 0.29) is 6.04 Å². The van der Waals surface area contributed by atoms with Crippen LogP contribution in [0.4, 0.5) is 5.69 Å². The zero-order valence-electron chi connectivity index (χ0n) is 10.9. The van der Waals surface area contributed by atoms with Crippen LogP contribution in [0.2, 0.25) is 0 Å². The minimum atomic E-state index is 0.0780. The maximum atomic E-state index is 5.88. The molecule has 4 heteroatoms. The van der Waals surface area contributed by atoms with E-state index in [1.807, 2.05) is 18.7 Å². The minimum absolute atomic E-state index is 0.0780. The third kappa shape index (κ3) is 3.90. The fourth-order valence-electron chi connectivity index (χ4n) is 1.68. The van der Waals surface area contributed by atoms with Gasteiger partial charge in [0.1, 0.15) is 0 Å². The van der Waals surface area contributed by atoms with Crippen molar-refractivity contribution in [3.63, 3.8) is 0 Å². The monoisotopic (exact) mass is 316 g/mol. The van der Waals surface area contributed by atoms with Crippen LogP contribution in [0.25, 0.3) is 0 Å². The summed E-state index contributed by atoms with van der Waals surface area (Å²) < 4.78 is 1.11. The molecule has 0 radical (unpaired) electrons. The van der Waals surface area contributed by atoms with E-state index < -0.39 is 0 Å². The van der Waals surface area contributed by atoms with Crippen LogP contribution in [0.1, 0.15) is 25.5 Å². The number of halogens is 1. The van der Waals surface area contributed by atoms with Gasteiger partial charge in [0.2, 0.25) is 0 Å². The Bertz CT molecular complexity index is 368. The van der Waals surface area contributed by atoms with E-state index in [1.165, 1.54) is 5.69 Å². The number of hydrogen-bond donors (Lipinski definition) is 1. The Morgan fingerprint density at radius 3 is 2.53 bits per heavy atom. The van der Waals surface area contributed by atoms with Gasteiger partial charge in [-0.05, 0) is 53.7 Å². The van der Waals surface area contributed by atoms with Crippen LogP contribution in [0.5, 0.6) is 0 Å². The summed E-state index contributed by atoms with van der Waals surface area (Å²) in [5, 5.41) is 0. The highest BCUT2D eigenvalue weighted by Crippen LogP contribution is 2.29. The number of anilines is 1. The highest BCUT2D eigenvalue weighted by atomic mass is 79.9. The van der Waals surface area contributed by atoms with Crippen molar-refractivity contribution in [3.05, 3.63) is 28.2 Å². The second-order valence-electron chi connectivity index (χ2n) is 4.41. The number of nitrogens with two attached hydrogens (primary N) is 1. The van der Waals surface area contributed by atoms with Gasteiger partial charge in [0.25, 0.3) is 0 Å².